The van der Waals surface area contributed by atoms with E-state index in [-0.39, 0.29) is 17.0 Å². The summed E-state index contributed by atoms with van der Waals surface area (Å²) in [6.07, 6.45) is 1.08. The molecule has 0 aromatic heterocycles. The lowest BCUT2D eigenvalue weighted by Crippen LogP contribution is -2.26. The highest BCUT2D eigenvalue weighted by Gasteiger charge is 2.24. The van der Waals surface area contributed by atoms with E-state index in [9.17, 15) is 8.42 Å². The van der Waals surface area contributed by atoms with Crippen LogP contribution in [0, 0.1) is 0 Å². The van der Waals surface area contributed by atoms with Crippen molar-refractivity contribution in [2.75, 3.05) is 19.0 Å². The highest BCUT2D eigenvalue weighted by Crippen LogP contribution is 2.21. The summed E-state index contributed by atoms with van der Waals surface area (Å²) in [6.45, 7) is 2.76. The Balaban J connectivity index is 2.17. The molecule has 0 radical (unpaired) electrons. The quantitative estimate of drug-likeness (QED) is 0.862. The van der Waals surface area contributed by atoms with Crippen LogP contribution in [0.1, 0.15) is 13.3 Å². The van der Waals surface area contributed by atoms with Crippen molar-refractivity contribution < 1.29 is 13.2 Å². The minimum Gasteiger partial charge on any atom is -0.380 e. The first-order chi connectivity index (χ1) is 8.53. The van der Waals surface area contributed by atoms with Crippen LogP contribution in [0.5, 0.6) is 0 Å². The van der Waals surface area contributed by atoms with Gasteiger partial charge < -0.3 is 10.1 Å². The lowest BCUT2D eigenvalue weighted by Gasteiger charge is -2.17. The molecule has 6 heteroatoms. The SMILES string of the molecule is CNS(=O)(=O)c1cccc(NC2CCOC2C)c1. The van der Waals surface area contributed by atoms with Crippen molar-refractivity contribution >= 4 is 15.7 Å². The number of rotatable bonds is 4. The third kappa shape index (κ3) is 2.82. The maximum absolute atomic E-state index is 11.7. The van der Waals surface area contributed by atoms with Crippen LogP contribution in [0.3, 0.4) is 0 Å². The third-order valence-corrected chi connectivity index (χ3v) is 4.55. The molecule has 1 aliphatic rings. The topological polar surface area (TPSA) is 67.4 Å². The maximum atomic E-state index is 11.7. The van der Waals surface area contributed by atoms with Gasteiger partial charge in [-0.3, -0.25) is 0 Å². The van der Waals surface area contributed by atoms with Gasteiger partial charge >= 0.3 is 0 Å². The van der Waals surface area contributed by atoms with E-state index in [0.717, 1.165) is 18.7 Å². The summed E-state index contributed by atoms with van der Waals surface area (Å²) in [4.78, 5) is 0.265. The van der Waals surface area contributed by atoms with Crippen molar-refractivity contribution in [2.24, 2.45) is 0 Å². The number of anilines is 1. The largest absolute Gasteiger partial charge is 0.380 e. The van der Waals surface area contributed by atoms with Crippen LogP contribution in [0.15, 0.2) is 29.2 Å². The molecule has 0 saturated carbocycles. The highest BCUT2D eigenvalue weighted by molar-refractivity contribution is 7.89. The van der Waals surface area contributed by atoms with Gasteiger partial charge in [-0.25, -0.2) is 13.1 Å². The zero-order valence-corrected chi connectivity index (χ0v) is 11.3. The average molecular weight is 270 g/mol. The van der Waals surface area contributed by atoms with Gasteiger partial charge in [0, 0.05) is 12.3 Å². The van der Waals surface area contributed by atoms with Crippen LogP contribution in [-0.4, -0.2) is 34.2 Å². The molecule has 1 aromatic rings. The van der Waals surface area contributed by atoms with Gasteiger partial charge in [0.15, 0.2) is 0 Å². The van der Waals surface area contributed by atoms with Crippen molar-refractivity contribution in [3.8, 4) is 0 Å². The molecule has 0 bridgehead atoms. The predicted octanol–water partition coefficient (Wildman–Crippen LogP) is 1.18. The molecule has 0 amide bonds. The molecule has 2 unspecified atom stereocenters. The normalized spacial score (nSPS) is 24.1. The fourth-order valence-electron chi connectivity index (χ4n) is 2.01. The van der Waals surface area contributed by atoms with Gasteiger partial charge in [-0.05, 0) is 38.6 Å². The number of hydrogen-bond donors (Lipinski definition) is 2. The van der Waals surface area contributed by atoms with Crippen LogP contribution < -0.4 is 10.0 Å². The maximum Gasteiger partial charge on any atom is 0.240 e. The Labute approximate surface area is 108 Å². The molecule has 2 N–H and O–H groups in total. The fraction of sp³-hybridized carbons (Fsp3) is 0.500. The van der Waals surface area contributed by atoms with Gasteiger partial charge in [0.1, 0.15) is 0 Å². The number of nitrogens with one attached hydrogen (secondary N) is 2. The van der Waals surface area contributed by atoms with Gasteiger partial charge in [0.2, 0.25) is 10.0 Å². The van der Waals surface area contributed by atoms with Crippen LogP contribution in [0.2, 0.25) is 0 Å². The van der Waals surface area contributed by atoms with E-state index in [0.29, 0.717) is 0 Å². The Kier molecular flexibility index (Phi) is 3.89. The number of hydrogen-bond acceptors (Lipinski definition) is 4. The van der Waals surface area contributed by atoms with E-state index in [1.165, 1.54) is 7.05 Å². The molecular weight excluding hydrogens is 252 g/mol. The molecule has 1 saturated heterocycles. The summed E-state index contributed by atoms with van der Waals surface area (Å²) >= 11 is 0. The second-order valence-electron chi connectivity index (χ2n) is 4.35. The molecule has 2 atom stereocenters. The Morgan fingerprint density at radius 3 is 2.78 bits per heavy atom. The van der Waals surface area contributed by atoms with E-state index in [4.69, 9.17) is 4.74 Å². The van der Waals surface area contributed by atoms with Crippen molar-refractivity contribution in [2.45, 2.75) is 30.4 Å². The molecule has 2 rings (SSSR count). The second-order valence-corrected chi connectivity index (χ2v) is 6.24. The molecule has 1 aliphatic heterocycles. The van der Waals surface area contributed by atoms with E-state index in [1.54, 1.807) is 18.2 Å². The number of ether oxygens (including phenoxy) is 1. The average Bonchev–Trinajstić information content (AvgIpc) is 2.75. The Morgan fingerprint density at radius 1 is 1.39 bits per heavy atom. The van der Waals surface area contributed by atoms with Crippen molar-refractivity contribution in [3.63, 3.8) is 0 Å². The van der Waals surface area contributed by atoms with E-state index >= 15 is 0 Å². The third-order valence-electron chi connectivity index (χ3n) is 3.14. The van der Waals surface area contributed by atoms with Gasteiger partial charge in [0.05, 0.1) is 17.0 Å². The lowest BCUT2D eigenvalue weighted by molar-refractivity contribution is 0.121. The zero-order valence-electron chi connectivity index (χ0n) is 10.5. The van der Waals surface area contributed by atoms with Gasteiger partial charge in [-0.2, -0.15) is 0 Å². The Morgan fingerprint density at radius 2 is 2.17 bits per heavy atom. The summed E-state index contributed by atoms with van der Waals surface area (Å²) in [6, 6.07) is 7.03. The van der Waals surface area contributed by atoms with Crippen molar-refractivity contribution in [3.05, 3.63) is 24.3 Å². The van der Waals surface area contributed by atoms with E-state index in [1.807, 2.05) is 13.0 Å². The van der Waals surface area contributed by atoms with Gasteiger partial charge in [-0.1, -0.05) is 6.07 Å². The van der Waals surface area contributed by atoms with E-state index < -0.39 is 10.0 Å². The Hall–Kier alpha value is -1.11. The summed E-state index contributed by atoms with van der Waals surface area (Å²) in [5, 5.41) is 3.31. The molecule has 100 valence electrons. The smallest absolute Gasteiger partial charge is 0.240 e. The second kappa shape index (κ2) is 5.26. The van der Waals surface area contributed by atoms with Crippen LogP contribution in [-0.2, 0) is 14.8 Å². The predicted molar refractivity (Wildman–Crippen MR) is 70.1 cm³/mol. The van der Waals surface area contributed by atoms with Crippen LogP contribution in [0.25, 0.3) is 0 Å². The minimum absolute atomic E-state index is 0.148. The molecule has 1 fully saturated rings. The monoisotopic (exact) mass is 270 g/mol. The molecule has 0 spiro atoms. The number of sulfonamides is 1. The van der Waals surface area contributed by atoms with Crippen molar-refractivity contribution in [1.29, 1.82) is 0 Å². The first-order valence-electron chi connectivity index (χ1n) is 5.94. The molecule has 1 heterocycles. The lowest BCUT2D eigenvalue weighted by atomic mass is 10.1. The summed E-state index contributed by atoms with van der Waals surface area (Å²) in [5.41, 5.74) is 0.800. The molecule has 1 aromatic carbocycles. The van der Waals surface area contributed by atoms with Crippen molar-refractivity contribution in [1.82, 2.24) is 4.72 Å². The Bertz CT molecular complexity index is 516. The summed E-state index contributed by atoms with van der Waals surface area (Å²) in [5.74, 6) is 0. The highest BCUT2D eigenvalue weighted by atomic mass is 32.2. The summed E-state index contributed by atoms with van der Waals surface area (Å²) < 4.78 is 31.2. The van der Waals surface area contributed by atoms with Gasteiger partial charge in [-0.15, -0.1) is 0 Å². The molecule has 0 aliphatic carbocycles. The fourth-order valence-corrected chi connectivity index (χ4v) is 2.78. The molecule has 18 heavy (non-hydrogen) atoms. The molecule has 5 nitrogen and oxygen atoms in total. The first kappa shape index (κ1) is 13.3. The van der Waals surface area contributed by atoms with Gasteiger partial charge in [0.25, 0.3) is 0 Å². The zero-order chi connectivity index (χ0) is 13.2. The molecular formula is C12H18N2O3S. The minimum atomic E-state index is -3.39. The van der Waals surface area contributed by atoms with E-state index in [2.05, 4.69) is 10.0 Å². The summed E-state index contributed by atoms with van der Waals surface area (Å²) in [7, 11) is -1.98. The standard InChI is InChI=1S/C12H18N2O3S/c1-9-12(6-7-17-9)14-10-4-3-5-11(8-10)18(15,16)13-2/h3-5,8-9,12-14H,6-7H2,1-2H3. The van der Waals surface area contributed by atoms with Crippen LogP contribution >= 0.6 is 0 Å². The number of benzene rings is 1. The van der Waals surface area contributed by atoms with Crippen LogP contribution in [0.4, 0.5) is 5.69 Å². The first-order valence-corrected chi connectivity index (χ1v) is 7.43.